The first-order valence-electron chi connectivity index (χ1n) is 9.40. The van der Waals surface area contributed by atoms with E-state index in [2.05, 4.69) is 12.1 Å². The fraction of sp³-hybridized carbons (Fsp3) is 0.208. The van der Waals surface area contributed by atoms with Gasteiger partial charge in [0.1, 0.15) is 18.1 Å². The quantitative estimate of drug-likeness (QED) is 0.382. The number of thiophene rings is 1. The van der Waals surface area contributed by atoms with Crippen LogP contribution in [0.1, 0.15) is 38.3 Å². The summed E-state index contributed by atoms with van der Waals surface area (Å²) in [5.41, 5.74) is 4.73. The lowest BCUT2D eigenvalue weighted by molar-refractivity contribution is 0.105. The zero-order valence-corrected chi connectivity index (χ0v) is 16.6. The number of ketones is 1. The third-order valence-electron chi connectivity index (χ3n) is 4.96. The van der Waals surface area contributed by atoms with Crippen molar-refractivity contribution < 1.29 is 14.3 Å². The SMILES string of the molecule is COc1ccc(/C=C/C(=O)c2cccs2)cc1COc1ccc2c(c1)CCC2. The third kappa shape index (κ3) is 4.18. The number of aryl methyl sites for hydroxylation is 2. The second-order valence-corrected chi connectivity index (χ2v) is 7.77. The molecule has 1 aliphatic rings. The van der Waals surface area contributed by atoms with Crippen LogP contribution in [-0.4, -0.2) is 12.9 Å². The summed E-state index contributed by atoms with van der Waals surface area (Å²) in [6.07, 6.45) is 6.97. The van der Waals surface area contributed by atoms with Crippen LogP contribution in [0.15, 0.2) is 60.0 Å². The molecule has 1 aliphatic carbocycles. The zero-order chi connectivity index (χ0) is 19.3. The molecule has 0 unspecified atom stereocenters. The lowest BCUT2D eigenvalue weighted by atomic mass is 10.1. The number of methoxy groups -OCH3 is 1. The molecule has 1 heterocycles. The van der Waals surface area contributed by atoms with Gasteiger partial charge in [-0.2, -0.15) is 0 Å². The molecule has 142 valence electrons. The Kier molecular flexibility index (Phi) is 5.58. The Bertz CT molecular complexity index is 1000. The van der Waals surface area contributed by atoms with Crippen LogP contribution in [0.25, 0.3) is 6.08 Å². The lowest BCUT2D eigenvalue weighted by Crippen LogP contribution is -2.00. The van der Waals surface area contributed by atoms with E-state index in [9.17, 15) is 4.79 Å². The van der Waals surface area contributed by atoms with E-state index in [1.165, 1.54) is 35.3 Å². The Morgan fingerprint density at radius 3 is 2.82 bits per heavy atom. The molecule has 1 aromatic heterocycles. The first-order chi connectivity index (χ1) is 13.7. The van der Waals surface area contributed by atoms with E-state index in [4.69, 9.17) is 9.47 Å². The number of allylic oxidation sites excluding steroid dienone is 1. The van der Waals surface area contributed by atoms with Crippen molar-refractivity contribution >= 4 is 23.2 Å². The molecule has 0 N–H and O–H groups in total. The molecule has 4 rings (SSSR count). The molecule has 0 bridgehead atoms. The second kappa shape index (κ2) is 8.44. The van der Waals surface area contributed by atoms with E-state index in [0.29, 0.717) is 6.61 Å². The largest absolute Gasteiger partial charge is 0.496 e. The third-order valence-corrected chi connectivity index (χ3v) is 5.84. The normalized spacial score (nSPS) is 12.9. The fourth-order valence-corrected chi connectivity index (χ4v) is 4.13. The van der Waals surface area contributed by atoms with Crippen LogP contribution in [0, 0.1) is 0 Å². The maximum Gasteiger partial charge on any atom is 0.195 e. The highest BCUT2D eigenvalue weighted by atomic mass is 32.1. The van der Waals surface area contributed by atoms with Gasteiger partial charge in [0.2, 0.25) is 0 Å². The fourth-order valence-electron chi connectivity index (χ4n) is 3.49. The van der Waals surface area contributed by atoms with Gasteiger partial charge in [0.15, 0.2) is 5.78 Å². The molecule has 0 saturated carbocycles. The summed E-state index contributed by atoms with van der Waals surface area (Å²) in [4.78, 5) is 12.9. The summed E-state index contributed by atoms with van der Waals surface area (Å²) < 4.78 is 11.5. The molecule has 0 amide bonds. The summed E-state index contributed by atoms with van der Waals surface area (Å²) in [6, 6.07) is 15.9. The molecular weight excluding hydrogens is 368 g/mol. The van der Waals surface area contributed by atoms with Gasteiger partial charge in [-0.05, 0) is 77.7 Å². The number of ether oxygens (including phenoxy) is 2. The van der Waals surface area contributed by atoms with E-state index in [1.54, 1.807) is 13.2 Å². The molecule has 0 atom stereocenters. The Hall–Kier alpha value is -2.85. The second-order valence-electron chi connectivity index (χ2n) is 6.82. The van der Waals surface area contributed by atoms with Crippen LogP contribution in [0.3, 0.4) is 0 Å². The molecule has 3 nitrogen and oxygen atoms in total. The van der Waals surface area contributed by atoms with Crippen molar-refractivity contribution in [1.29, 1.82) is 0 Å². The van der Waals surface area contributed by atoms with Crippen molar-refractivity contribution in [3.8, 4) is 11.5 Å². The van der Waals surface area contributed by atoms with Crippen molar-refractivity contribution in [2.45, 2.75) is 25.9 Å². The average molecular weight is 391 g/mol. The number of carbonyl (C=O) groups excluding carboxylic acids is 1. The number of carbonyl (C=O) groups is 1. The van der Waals surface area contributed by atoms with Crippen LogP contribution in [-0.2, 0) is 19.4 Å². The minimum absolute atomic E-state index is 0.0155. The van der Waals surface area contributed by atoms with Gasteiger partial charge in [0.05, 0.1) is 12.0 Å². The van der Waals surface area contributed by atoms with Crippen molar-refractivity contribution in [3.05, 3.63) is 87.1 Å². The minimum Gasteiger partial charge on any atom is -0.496 e. The first kappa shape index (κ1) is 18.5. The standard InChI is InChI=1S/C24H22O3S/c1-26-23-12-8-17(7-11-22(25)24-6-3-13-28-24)14-20(23)16-27-21-10-9-18-4-2-5-19(18)15-21/h3,6-15H,2,4-5,16H2,1H3/b11-7+. The molecule has 28 heavy (non-hydrogen) atoms. The van der Waals surface area contributed by atoms with E-state index in [-0.39, 0.29) is 5.78 Å². The molecule has 0 radical (unpaired) electrons. The van der Waals surface area contributed by atoms with Gasteiger partial charge < -0.3 is 9.47 Å². The number of hydrogen-bond donors (Lipinski definition) is 0. The van der Waals surface area contributed by atoms with Crippen molar-refractivity contribution in [2.75, 3.05) is 7.11 Å². The van der Waals surface area contributed by atoms with E-state index < -0.39 is 0 Å². The number of fused-ring (bicyclic) bond motifs is 1. The molecule has 3 aromatic rings. The smallest absolute Gasteiger partial charge is 0.195 e. The molecule has 0 fully saturated rings. The molecule has 0 aliphatic heterocycles. The Morgan fingerprint density at radius 2 is 2.00 bits per heavy atom. The number of rotatable bonds is 7. The molecule has 0 spiro atoms. The van der Waals surface area contributed by atoms with Crippen LogP contribution in [0.2, 0.25) is 0 Å². The predicted molar refractivity (Wildman–Crippen MR) is 113 cm³/mol. The molecule has 0 saturated heterocycles. The maximum absolute atomic E-state index is 12.2. The topological polar surface area (TPSA) is 35.5 Å². The molecule has 4 heteroatoms. The van der Waals surface area contributed by atoms with Gasteiger partial charge in [-0.3, -0.25) is 4.79 Å². The van der Waals surface area contributed by atoms with Crippen LogP contribution >= 0.6 is 11.3 Å². The monoisotopic (exact) mass is 390 g/mol. The minimum atomic E-state index is 0.0155. The van der Waals surface area contributed by atoms with Gasteiger partial charge in [-0.15, -0.1) is 11.3 Å². The summed E-state index contributed by atoms with van der Waals surface area (Å²) in [5.74, 6) is 1.68. The highest BCUT2D eigenvalue weighted by molar-refractivity contribution is 7.12. The maximum atomic E-state index is 12.2. The first-order valence-corrected chi connectivity index (χ1v) is 10.3. The molecule has 2 aromatic carbocycles. The van der Waals surface area contributed by atoms with Gasteiger partial charge in [0.25, 0.3) is 0 Å². The van der Waals surface area contributed by atoms with Gasteiger partial charge in [-0.25, -0.2) is 0 Å². The lowest BCUT2D eigenvalue weighted by Gasteiger charge is -2.12. The summed E-state index contributed by atoms with van der Waals surface area (Å²) in [5, 5.41) is 1.91. The Morgan fingerprint density at radius 1 is 1.11 bits per heavy atom. The van der Waals surface area contributed by atoms with Gasteiger partial charge >= 0.3 is 0 Å². The Labute approximate surface area is 169 Å². The van der Waals surface area contributed by atoms with Gasteiger partial charge in [-0.1, -0.05) is 24.3 Å². The van der Waals surface area contributed by atoms with Crippen molar-refractivity contribution in [3.63, 3.8) is 0 Å². The highest BCUT2D eigenvalue weighted by Crippen LogP contribution is 2.28. The number of benzene rings is 2. The van der Waals surface area contributed by atoms with Crippen molar-refractivity contribution in [2.24, 2.45) is 0 Å². The van der Waals surface area contributed by atoms with Crippen LogP contribution in [0.4, 0.5) is 0 Å². The van der Waals surface area contributed by atoms with E-state index in [1.807, 2.05) is 47.9 Å². The van der Waals surface area contributed by atoms with E-state index in [0.717, 1.165) is 33.9 Å². The van der Waals surface area contributed by atoms with Gasteiger partial charge in [0, 0.05) is 5.56 Å². The Balaban J connectivity index is 1.48. The summed E-state index contributed by atoms with van der Waals surface area (Å²) in [6.45, 7) is 0.419. The van der Waals surface area contributed by atoms with Crippen LogP contribution < -0.4 is 9.47 Å². The molecular formula is C24H22O3S. The van der Waals surface area contributed by atoms with Crippen molar-refractivity contribution in [1.82, 2.24) is 0 Å². The summed E-state index contributed by atoms with van der Waals surface area (Å²) >= 11 is 1.45. The summed E-state index contributed by atoms with van der Waals surface area (Å²) in [7, 11) is 1.66. The van der Waals surface area contributed by atoms with E-state index >= 15 is 0 Å². The number of hydrogen-bond acceptors (Lipinski definition) is 4. The average Bonchev–Trinajstić information content (AvgIpc) is 3.42. The van der Waals surface area contributed by atoms with Crippen LogP contribution in [0.5, 0.6) is 11.5 Å². The predicted octanol–water partition coefficient (Wildman–Crippen LogP) is 5.72. The zero-order valence-electron chi connectivity index (χ0n) is 15.8. The highest BCUT2D eigenvalue weighted by Gasteiger charge is 2.12.